The van der Waals surface area contributed by atoms with E-state index in [1.54, 1.807) is 12.1 Å². The number of alkyl halides is 2. The highest BCUT2D eigenvalue weighted by Gasteiger charge is 2.15. The Bertz CT molecular complexity index is 786. The zero-order valence-corrected chi connectivity index (χ0v) is 17.1. The van der Waals surface area contributed by atoms with Crippen LogP contribution in [-0.2, 0) is 17.8 Å². The SMILES string of the molecule is Cc1nn(CC(C)C)c(C)c1CCC(=O)NC(C)c1ccc(OC(F)F)cc1. The van der Waals surface area contributed by atoms with Crippen LogP contribution >= 0.6 is 0 Å². The largest absolute Gasteiger partial charge is 0.435 e. The summed E-state index contributed by atoms with van der Waals surface area (Å²) in [5.74, 6) is 0.546. The van der Waals surface area contributed by atoms with Crippen molar-refractivity contribution in [3.8, 4) is 5.75 Å². The molecule has 0 saturated carbocycles. The van der Waals surface area contributed by atoms with E-state index in [1.807, 2.05) is 25.5 Å². The predicted molar refractivity (Wildman–Crippen MR) is 104 cm³/mol. The maximum Gasteiger partial charge on any atom is 0.387 e. The van der Waals surface area contributed by atoms with Crippen molar-refractivity contribution in [3.63, 3.8) is 0 Å². The average molecular weight is 393 g/mol. The topological polar surface area (TPSA) is 56.2 Å². The molecule has 1 heterocycles. The van der Waals surface area contributed by atoms with E-state index in [9.17, 15) is 13.6 Å². The number of aromatic nitrogens is 2. The zero-order chi connectivity index (χ0) is 20.8. The van der Waals surface area contributed by atoms with Gasteiger partial charge in [-0.2, -0.15) is 13.9 Å². The van der Waals surface area contributed by atoms with Gasteiger partial charge in [-0.3, -0.25) is 9.48 Å². The second-order valence-corrected chi connectivity index (χ2v) is 7.46. The summed E-state index contributed by atoms with van der Waals surface area (Å²) in [6.07, 6.45) is 1.00. The minimum Gasteiger partial charge on any atom is -0.435 e. The van der Waals surface area contributed by atoms with Gasteiger partial charge in [0.25, 0.3) is 0 Å². The number of carbonyl (C=O) groups excluding carboxylic acids is 1. The molecule has 0 fully saturated rings. The molecule has 7 heteroatoms. The predicted octanol–water partition coefficient (Wildman–Crippen LogP) is 4.57. The van der Waals surface area contributed by atoms with Gasteiger partial charge in [0, 0.05) is 18.7 Å². The van der Waals surface area contributed by atoms with Crippen LogP contribution in [-0.4, -0.2) is 22.3 Å². The summed E-state index contributed by atoms with van der Waals surface area (Å²) in [6, 6.07) is 6.07. The maximum absolute atomic E-state index is 12.4. The van der Waals surface area contributed by atoms with Crippen molar-refractivity contribution in [2.45, 2.75) is 66.7 Å². The molecule has 1 atom stereocenters. The van der Waals surface area contributed by atoms with Crippen LogP contribution in [0.3, 0.4) is 0 Å². The molecule has 0 aliphatic rings. The fraction of sp³-hybridized carbons (Fsp3) is 0.524. The summed E-state index contributed by atoms with van der Waals surface area (Å²) in [7, 11) is 0. The van der Waals surface area contributed by atoms with Crippen molar-refractivity contribution in [2.24, 2.45) is 5.92 Å². The normalized spacial score (nSPS) is 12.5. The zero-order valence-electron chi connectivity index (χ0n) is 17.1. The second kappa shape index (κ2) is 9.66. The molecule has 0 spiro atoms. The smallest absolute Gasteiger partial charge is 0.387 e. The van der Waals surface area contributed by atoms with E-state index in [0.717, 1.165) is 29.1 Å². The van der Waals surface area contributed by atoms with Gasteiger partial charge >= 0.3 is 6.61 Å². The molecule has 154 valence electrons. The first kappa shape index (κ1) is 21.9. The van der Waals surface area contributed by atoms with Crippen LogP contribution in [0.5, 0.6) is 5.75 Å². The van der Waals surface area contributed by atoms with E-state index in [4.69, 9.17) is 0 Å². The summed E-state index contributed by atoms with van der Waals surface area (Å²) < 4.78 is 30.8. The molecule has 1 unspecified atom stereocenters. The summed E-state index contributed by atoms with van der Waals surface area (Å²) in [4.78, 5) is 12.4. The van der Waals surface area contributed by atoms with Gasteiger partial charge in [0.1, 0.15) is 5.75 Å². The van der Waals surface area contributed by atoms with Gasteiger partial charge in [0.2, 0.25) is 5.91 Å². The summed E-state index contributed by atoms with van der Waals surface area (Å²) >= 11 is 0. The molecule has 1 N–H and O–H groups in total. The first-order valence-corrected chi connectivity index (χ1v) is 9.54. The molecule has 0 aliphatic heterocycles. The minimum atomic E-state index is -2.85. The summed E-state index contributed by atoms with van der Waals surface area (Å²) in [5.41, 5.74) is 4.03. The molecule has 28 heavy (non-hydrogen) atoms. The molecule has 0 radical (unpaired) electrons. The van der Waals surface area contributed by atoms with Gasteiger partial charge in [0.05, 0.1) is 11.7 Å². The highest BCUT2D eigenvalue weighted by molar-refractivity contribution is 5.76. The third-order valence-electron chi connectivity index (χ3n) is 4.65. The average Bonchev–Trinajstić information content (AvgIpc) is 2.86. The van der Waals surface area contributed by atoms with Crippen molar-refractivity contribution >= 4 is 5.91 Å². The number of nitrogens with zero attached hydrogens (tertiary/aromatic N) is 2. The lowest BCUT2D eigenvalue weighted by atomic mass is 10.1. The molecule has 1 aromatic carbocycles. The van der Waals surface area contributed by atoms with E-state index >= 15 is 0 Å². The molecular weight excluding hydrogens is 364 g/mol. The van der Waals surface area contributed by atoms with Crippen molar-refractivity contribution < 1.29 is 18.3 Å². The van der Waals surface area contributed by atoms with E-state index in [0.29, 0.717) is 18.8 Å². The number of benzene rings is 1. The van der Waals surface area contributed by atoms with Crippen LogP contribution in [0.25, 0.3) is 0 Å². The first-order valence-electron chi connectivity index (χ1n) is 9.54. The van der Waals surface area contributed by atoms with Gasteiger partial charge in [-0.15, -0.1) is 0 Å². The van der Waals surface area contributed by atoms with Gasteiger partial charge in [-0.1, -0.05) is 26.0 Å². The number of hydrogen-bond donors (Lipinski definition) is 1. The highest BCUT2D eigenvalue weighted by Crippen LogP contribution is 2.20. The Balaban J connectivity index is 1.91. The molecule has 1 amide bonds. The number of amides is 1. The molecule has 0 saturated heterocycles. The molecule has 2 rings (SSSR count). The minimum absolute atomic E-state index is 0.0594. The van der Waals surface area contributed by atoms with Gasteiger partial charge in [0.15, 0.2) is 0 Å². The van der Waals surface area contributed by atoms with E-state index < -0.39 is 6.61 Å². The van der Waals surface area contributed by atoms with Gasteiger partial charge in [-0.25, -0.2) is 0 Å². The third-order valence-corrected chi connectivity index (χ3v) is 4.65. The molecule has 1 aromatic heterocycles. The summed E-state index contributed by atoms with van der Waals surface area (Å²) in [5, 5.41) is 7.53. The monoisotopic (exact) mass is 393 g/mol. The van der Waals surface area contributed by atoms with Gasteiger partial charge in [-0.05, 0) is 56.4 Å². The molecular formula is C21H29F2N3O2. The third kappa shape index (κ3) is 6.04. The Kier molecular flexibility index (Phi) is 7.54. The van der Waals surface area contributed by atoms with Crippen molar-refractivity contribution in [2.75, 3.05) is 0 Å². The van der Waals surface area contributed by atoms with Crippen molar-refractivity contribution in [1.82, 2.24) is 15.1 Å². The van der Waals surface area contributed by atoms with E-state index in [1.165, 1.54) is 12.1 Å². The van der Waals surface area contributed by atoms with E-state index in [2.05, 4.69) is 29.0 Å². The lowest BCUT2D eigenvalue weighted by molar-refractivity contribution is -0.121. The number of hydrogen-bond acceptors (Lipinski definition) is 3. The molecule has 0 aliphatic carbocycles. The highest BCUT2D eigenvalue weighted by atomic mass is 19.3. The number of halogens is 2. The Morgan fingerprint density at radius 2 is 1.82 bits per heavy atom. The Morgan fingerprint density at radius 1 is 1.18 bits per heavy atom. The summed E-state index contributed by atoms with van der Waals surface area (Å²) in [6.45, 7) is 8.19. The van der Waals surface area contributed by atoms with Crippen molar-refractivity contribution in [1.29, 1.82) is 0 Å². The number of ether oxygens (including phenoxy) is 1. The number of carbonyl (C=O) groups is 1. The first-order chi connectivity index (χ1) is 13.2. The fourth-order valence-corrected chi connectivity index (χ4v) is 3.19. The maximum atomic E-state index is 12.4. The molecule has 0 bridgehead atoms. The number of rotatable bonds is 9. The second-order valence-electron chi connectivity index (χ2n) is 7.46. The van der Waals surface area contributed by atoms with Gasteiger partial charge < -0.3 is 10.1 Å². The fourth-order valence-electron chi connectivity index (χ4n) is 3.19. The van der Waals surface area contributed by atoms with Crippen LogP contribution in [0.1, 0.15) is 55.7 Å². The van der Waals surface area contributed by atoms with E-state index in [-0.39, 0.29) is 17.7 Å². The Morgan fingerprint density at radius 3 is 2.39 bits per heavy atom. The number of nitrogens with one attached hydrogen (secondary N) is 1. The van der Waals surface area contributed by atoms with Crippen LogP contribution in [0, 0.1) is 19.8 Å². The van der Waals surface area contributed by atoms with Crippen LogP contribution in [0.15, 0.2) is 24.3 Å². The Hall–Kier alpha value is -2.44. The van der Waals surface area contributed by atoms with Crippen LogP contribution < -0.4 is 10.1 Å². The standard InChI is InChI=1S/C21H29F2N3O2/c1-13(2)12-26-16(5)19(15(4)25-26)10-11-20(27)24-14(3)17-6-8-18(9-7-17)28-21(22)23/h6-9,13-14,21H,10-12H2,1-5H3,(H,24,27). The Labute approximate surface area is 165 Å². The van der Waals surface area contributed by atoms with Crippen molar-refractivity contribution in [3.05, 3.63) is 46.8 Å². The molecule has 2 aromatic rings. The van der Waals surface area contributed by atoms with Crippen LogP contribution in [0.2, 0.25) is 0 Å². The lowest BCUT2D eigenvalue weighted by Crippen LogP contribution is -2.26. The van der Waals surface area contributed by atoms with Crippen LogP contribution in [0.4, 0.5) is 8.78 Å². The molecule has 5 nitrogen and oxygen atoms in total. The number of aryl methyl sites for hydroxylation is 1. The lowest BCUT2D eigenvalue weighted by Gasteiger charge is -2.15. The quantitative estimate of drug-likeness (QED) is 0.679.